The molecule has 0 aliphatic heterocycles. The molecule has 1 saturated carbocycles. The minimum Gasteiger partial charge on any atom is -0.444 e. The van der Waals surface area contributed by atoms with E-state index in [-0.39, 0.29) is 18.2 Å². The van der Waals surface area contributed by atoms with Crippen LogP contribution in [0.2, 0.25) is 5.15 Å². The smallest absolute Gasteiger partial charge is 0.407 e. The summed E-state index contributed by atoms with van der Waals surface area (Å²) in [5.41, 5.74) is 1.35. The summed E-state index contributed by atoms with van der Waals surface area (Å²) in [6.07, 6.45) is 5.14. The first-order chi connectivity index (χ1) is 14.1. The lowest BCUT2D eigenvalue weighted by Gasteiger charge is -2.29. The fourth-order valence-electron chi connectivity index (χ4n) is 3.50. The van der Waals surface area contributed by atoms with Crippen LogP contribution in [-0.2, 0) is 4.74 Å². The third-order valence-electron chi connectivity index (χ3n) is 4.78. The first kappa shape index (κ1) is 22.7. The first-order valence-electron chi connectivity index (χ1n) is 10.4. The van der Waals surface area contributed by atoms with Crippen molar-refractivity contribution in [2.75, 3.05) is 5.32 Å². The van der Waals surface area contributed by atoms with E-state index in [1.54, 1.807) is 17.5 Å². The highest BCUT2D eigenvalue weighted by Gasteiger charge is 2.28. The first-order valence-corrected chi connectivity index (χ1v) is 11.6. The normalized spacial score (nSPS) is 19.6. The Bertz CT molecular complexity index is 873. The van der Waals surface area contributed by atoms with Crippen LogP contribution in [0.3, 0.4) is 0 Å². The molecule has 0 saturated heterocycles. The topological polar surface area (TPSA) is 89.0 Å². The number of halogens is 1. The van der Waals surface area contributed by atoms with E-state index in [0.29, 0.717) is 11.1 Å². The van der Waals surface area contributed by atoms with Crippen LogP contribution in [0.25, 0.3) is 10.6 Å². The lowest BCUT2D eigenvalue weighted by Crippen LogP contribution is -2.40. The van der Waals surface area contributed by atoms with Crippen molar-refractivity contribution in [1.29, 1.82) is 0 Å². The van der Waals surface area contributed by atoms with Crippen LogP contribution in [0.1, 0.15) is 71.2 Å². The van der Waals surface area contributed by atoms with Gasteiger partial charge in [-0.25, -0.2) is 9.78 Å². The van der Waals surface area contributed by atoms with Gasteiger partial charge in [0.25, 0.3) is 0 Å². The Morgan fingerprint density at radius 2 is 1.93 bits per heavy atom. The molecule has 2 aromatic heterocycles. The van der Waals surface area contributed by atoms with Gasteiger partial charge in [0, 0.05) is 29.9 Å². The van der Waals surface area contributed by atoms with Gasteiger partial charge in [-0.2, -0.15) is 0 Å². The van der Waals surface area contributed by atoms with Crippen LogP contribution < -0.4 is 10.6 Å². The predicted molar refractivity (Wildman–Crippen MR) is 121 cm³/mol. The SMILES string of the molecule is CC(C)Nc1cc(Cl)ncc1-c1nnc([C@H]2CC[C@H](NC(=O)OC(C)(C)C)CC2)s1. The molecule has 1 aliphatic carbocycles. The van der Waals surface area contributed by atoms with Crippen LogP contribution in [0.4, 0.5) is 10.5 Å². The lowest BCUT2D eigenvalue weighted by molar-refractivity contribution is 0.0491. The van der Waals surface area contributed by atoms with Gasteiger partial charge < -0.3 is 15.4 Å². The summed E-state index contributed by atoms with van der Waals surface area (Å²) in [4.78, 5) is 16.2. The molecule has 3 rings (SSSR count). The molecule has 0 bridgehead atoms. The van der Waals surface area contributed by atoms with Crippen molar-refractivity contribution in [3.63, 3.8) is 0 Å². The van der Waals surface area contributed by atoms with E-state index in [4.69, 9.17) is 16.3 Å². The summed E-state index contributed by atoms with van der Waals surface area (Å²) in [7, 11) is 0. The van der Waals surface area contributed by atoms with Crippen molar-refractivity contribution >= 4 is 34.7 Å². The molecule has 2 heterocycles. The highest BCUT2D eigenvalue weighted by atomic mass is 35.5. The van der Waals surface area contributed by atoms with Crippen LogP contribution in [0.5, 0.6) is 0 Å². The maximum Gasteiger partial charge on any atom is 0.407 e. The molecule has 30 heavy (non-hydrogen) atoms. The van der Waals surface area contributed by atoms with Gasteiger partial charge in [0.2, 0.25) is 0 Å². The average molecular weight is 452 g/mol. The van der Waals surface area contributed by atoms with E-state index in [1.807, 2.05) is 26.8 Å². The number of hydrogen-bond donors (Lipinski definition) is 2. The number of pyridine rings is 1. The molecule has 1 fully saturated rings. The largest absolute Gasteiger partial charge is 0.444 e. The van der Waals surface area contributed by atoms with Crippen LogP contribution in [-0.4, -0.2) is 39.0 Å². The minimum absolute atomic E-state index is 0.144. The predicted octanol–water partition coefficient (Wildman–Crippen LogP) is 5.62. The maximum atomic E-state index is 12.0. The Hall–Kier alpha value is -1.93. The molecule has 0 radical (unpaired) electrons. The number of nitrogens with zero attached hydrogens (tertiary/aromatic N) is 3. The van der Waals surface area contributed by atoms with E-state index >= 15 is 0 Å². The van der Waals surface area contributed by atoms with E-state index in [0.717, 1.165) is 46.9 Å². The molecular weight excluding hydrogens is 422 g/mol. The van der Waals surface area contributed by atoms with Gasteiger partial charge in [-0.05, 0) is 66.4 Å². The van der Waals surface area contributed by atoms with Gasteiger partial charge in [0.15, 0.2) is 5.01 Å². The zero-order valence-electron chi connectivity index (χ0n) is 18.2. The molecule has 9 heteroatoms. The summed E-state index contributed by atoms with van der Waals surface area (Å²) >= 11 is 7.68. The second kappa shape index (κ2) is 9.47. The number of ether oxygens (including phenoxy) is 1. The molecule has 2 aromatic rings. The highest BCUT2D eigenvalue weighted by molar-refractivity contribution is 7.14. The monoisotopic (exact) mass is 451 g/mol. The van der Waals surface area contributed by atoms with Crippen molar-refractivity contribution in [1.82, 2.24) is 20.5 Å². The number of alkyl carbamates (subject to hydrolysis) is 1. The molecule has 1 amide bonds. The van der Waals surface area contributed by atoms with Crippen molar-refractivity contribution in [2.45, 2.75) is 83.9 Å². The molecule has 0 atom stereocenters. The number of anilines is 1. The minimum atomic E-state index is -0.482. The molecule has 0 unspecified atom stereocenters. The fraction of sp³-hybridized carbons (Fsp3) is 0.619. The maximum absolute atomic E-state index is 12.0. The molecule has 7 nitrogen and oxygen atoms in total. The van der Waals surface area contributed by atoms with Crippen LogP contribution >= 0.6 is 22.9 Å². The Balaban J connectivity index is 1.62. The van der Waals surface area contributed by atoms with Gasteiger partial charge in [-0.1, -0.05) is 22.9 Å². The van der Waals surface area contributed by atoms with Gasteiger partial charge in [0.05, 0.1) is 5.56 Å². The Morgan fingerprint density at radius 3 is 2.57 bits per heavy atom. The van der Waals surface area contributed by atoms with Crippen LogP contribution in [0.15, 0.2) is 12.3 Å². The van der Waals surface area contributed by atoms with Gasteiger partial charge in [0.1, 0.15) is 15.8 Å². The summed E-state index contributed by atoms with van der Waals surface area (Å²) in [5, 5.41) is 17.6. The quantitative estimate of drug-likeness (QED) is 0.573. The summed E-state index contributed by atoms with van der Waals surface area (Å²) in [5.74, 6) is 0.356. The molecule has 0 spiro atoms. The average Bonchev–Trinajstić information content (AvgIpc) is 3.10. The lowest BCUT2D eigenvalue weighted by atomic mass is 9.86. The van der Waals surface area contributed by atoms with Gasteiger partial charge >= 0.3 is 6.09 Å². The molecule has 2 N–H and O–H groups in total. The second-order valence-electron chi connectivity index (χ2n) is 8.99. The number of amides is 1. The van der Waals surface area contributed by atoms with Crippen molar-refractivity contribution in [3.8, 4) is 10.6 Å². The van der Waals surface area contributed by atoms with Crippen molar-refractivity contribution < 1.29 is 9.53 Å². The molecule has 1 aliphatic rings. The molecule has 0 aromatic carbocycles. The number of aromatic nitrogens is 3. The number of carbonyl (C=O) groups excluding carboxylic acids is 1. The summed E-state index contributed by atoms with van der Waals surface area (Å²) < 4.78 is 5.36. The fourth-order valence-corrected chi connectivity index (χ4v) is 4.69. The van der Waals surface area contributed by atoms with Gasteiger partial charge in [-0.3, -0.25) is 0 Å². The molecular formula is C21H30ClN5O2S. The third-order valence-corrected chi connectivity index (χ3v) is 6.11. The summed E-state index contributed by atoms with van der Waals surface area (Å²) in [6, 6.07) is 2.24. The van der Waals surface area contributed by atoms with E-state index in [1.165, 1.54) is 0 Å². The molecule has 164 valence electrons. The van der Waals surface area contributed by atoms with Crippen molar-refractivity contribution in [2.24, 2.45) is 0 Å². The summed E-state index contributed by atoms with van der Waals surface area (Å²) in [6.45, 7) is 9.76. The van der Waals surface area contributed by atoms with Crippen molar-refractivity contribution in [3.05, 3.63) is 22.4 Å². The number of hydrogen-bond acceptors (Lipinski definition) is 7. The Morgan fingerprint density at radius 1 is 1.23 bits per heavy atom. The number of nitrogens with one attached hydrogen (secondary N) is 2. The third kappa shape index (κ3) is 6.28. The standard InChI is InChI=1S/C21H30ClN5O2S/c1-12(2)24-16-10-17(22)23-11-15(16)19-27-26-18(30-19)13-6-8-14(9-7-13)25-20(28)29-21(3,4)5/h10-14H,6-9H2,1-5H3,(H,23,24)(H,25,28)/t13-,14-. The second-order valence-corrected chi connectivity index (χ2v) is 10.4. The van der Waals surface area contributed by atoms with E-state index in [9.17, 15) is 4.79 Å². The zero-order valence-corrected chi connectivity index (χ0v) is 19.7. The Labute approximate surface area is 187 Å². The van der Waals surface area contributed by atoms with E-state index < -0.39 is 5.60 Å². The Kier molecular flexibility index (Phi) is 7.18. The zero-order chi connectivity index (χ0) is 21.9. The van der Waals surface area contributed by atoms with E-state index in [2.05, 4.69) is 39.7 Å². The number of rotatable bonds is 5. The van der Waals surface area contributed by atoms with Crippen LogP contribution in [0, 0.1) is 0 Å². The number of carbonyl (C=O) groups is 1. The van der Waals surface area contributed by atoms with Gasteiger partial charge in [-0.15, -0.1) is 10.2 Å². The highest BCUT2D eigenvalue weighted by Crippen LogP contribution is 2.38.